The summed E-state index contributed by atoms with van der Waals surface area (Å²) < 4.78 is 15.6. The molecule has 2 heterocycles. The molecule has 0 unspecified atom stereocenters. The van der Waals surface area contributed by atoms with Gasteiger partial charge in [-0.2, -0.15) is 0 Å². The zero-order valence-electron chi connectivity index (χ0n) is 20.0. The fraction of sp³-hybridized carbons (Fsp3) is 0.478. The van der Waals surface area contributed by atoms with Crippen LogP contribution in [0.3, 0.4) is 0 Å². The Bertz CT molecular complexity index is 1040. The lowest BCUT2D eigenvalue weighted by atomic mass is 10.1. The van der Waals surface area contributed by atoms with Crippen LogP contribution in [0, 0.1) is 0 Å². The smallest absolute Gasteiger partial charge is 0.180 e. The van der Waals surface area contributed by atoms with E-state index in [1.807, 2.05) is 12.1 Å². The number of halogens is 6. The SMILES string of the molecule is CCCCCCC.COc1cc(Cn2c(Br)nc(Cl)c2Cl)c(OC)cc1Cn1c(Br)nc(Cl)c1Cl. The Kier molecular flexibility index (Phi) is 13.1. The van der Waals surface area contributed by atoms with Gasteiger partial charge in [-0.25, -0.2) is 9.97 Å². The first kappa shape index (κ1) is 30.6. The predicted molar refractivity (Wildman–Crippen MR) is 152 cm³/mol. The van der Waals surface area contributed by atoms with Crippen LogP contribution in [0.4, 0.5) is 0 Å². The van der Waals surface area contributed by atoms with Crippen molar-refractivity contribution >= 4 is 78.3 Å². The van der Waals surface area contributed by atoms with Gasteiger partial charge in [0.25, 0.3) is 0 Å². The number of methoxy groups -OCH3 is 2. The molecule has 194 valence electrons. The summed E-state index contributed by atoms with van der Waals surface area (Å²) in [5.41, 5.74) is 1.65. The molecule has 0 saturated heterocycles. The van der Waals surface area contributed by atoms with Crippen molar-refractivity contribution in [2.24, 2.45) is 0 Å². The van der Waals surface area contributed by atoms with Gasteiger partial charge >= 0.3 is 0 Å². The maximum atomic E-state index is 6.23. The van der Waals surface area contributed by atoms with Crippen LogP contribution in [0.25, 0.3) is 0 Å². The van der Waals surface area contributed by atoms with Gasteiger partial charge in [0.2, 0.25) is 0 Å². The summed E-state index contributed by atoms with van der Waals surface area (Å²) >= 11 is 31.2. The van der Waals surface area contributed by atoms with E-state index in [9.17, 15) is 0 Å². The van der Waals surface area contributed by atoms with Crippen molar-refractivity contribution < 1.29 is 9.47 Å². The molecule has 3 rings (SSSR count). The third-order valence-corrected chi connectivity index (χ3v) is 7.89. The molecule has 0 N–H and O–H groups in total. The number of rotatable bonds is 10. The lowest BCUT2D eigenvalue weighted by molar-refractivity contribution is 0.392. The Morgan fingerprint density at radius 1 is 0.714 bits per heavy atom. The minimum absolute atomic E-state index is 0.215. The van der Waals surface area contributed by atoms with Gasteiger partial charge < -0.3 is 18.6 Å². The van der Waals surface area contributed by atoms with Gasteiger partial charge in [0.05, 0.1) is 27.3 Å². The molecule has 35 heavy (non-hydrogen) atoms. The van der Waals surface area contributed by atoms with Crippen LogP contribution >= 0.6 is 78.3 Å². The van der Waals surface area contributed by atoms with E-state index in [0.717, 1.165) is 11.1 Å². The molecule has 0 saturated carbocycles. The molecule has 12 heteroatoms. The normalized spacial score (nSPS) is 10.8. The second kappa shape index (κ2) is 14.9. The molecule has 0 radical (unpaired) electrons. The predicted octanol–water partition coefficient (Wildman–Crippen LogP) is 9.31. The summed E-state index contributed by atoms with van der Waals surface area (Å²) in [5, 5.41) is 1.07. The summed E-state index contributed by atoms with van der Waals surface area (Å²) in [5.74, 6) is 1.28. The van der Waals surface area contributed by atoms with Crippen molar-refractivity contribution in [1.82, 2.24) is 19.1 Å². The summed E-state index contributed by atoms with van der Waals surface area (Å²) in [6.07, 6.45) is 7.01. The largest absolute Gasteiger partial charge is 0.496 e. The van der Waals surface area contributed by atoms with Crippen molar-refractivity contribution in [3.63, 3.8) is 0 Å². The Labute approximate surface area is 243 Å². The molecule has 0 aliphatic carbocycles. The highest BCUT2D eigenvalue weighted by Crippen LogP contribution is 2.35. The first-order valence-electron chi connectivity index (χ1n) is 11.1. The van der Waals surface area contributed by atoms with E-state index < -0.39 is 0 Å². The molecule has 0 aliphatic rings. The highest BCUT2D eigenvalue weighted by Gasteiger charge is 2.19. The lowest BCUT2D eigenvalue weighted by Gasteiger charge is -2.17. The molecule has 0 atom stereocenters. The third-order valence-electron chi connectivity index (χ3n) is 5.19. The van der Waals surface area contributed by atoms with Crippen LogP contribution in [0.5, 0.6) is 11.5 Å². The maximum absolute atomic E-state index is 6.23. The number of nitrogens with zero attached hydrogens (tertiary/aromatic N) is 4. The van der Waals surface area contributed by atoms with Gasteiger partial charge in [-0.05, 0) is 44.0 Å². The zero-order valence-corrected chi connectivity index (χ0v) is 26.2. The quantitative estimate of drug-likeness (QED) is 0.199. The van der Waals surface area contributed by atoms with Crippen molar-refractivity contribution in [3.8, 4) is 11.5 Å². The first-order chi connectivity index (χ1) is 16.7. The lowest BCUT2D eigenvalue weighted by Crippen LogP contribution is -2.07. The molecule has 2 aromatic heterocycles. The Balaban J connectivity index is 0.000000540. The highest BCUT2D eigenvalue weighted by atomic mass is 79.9. The number of hydrogen-bond acceptors (Lipinski definition) is 4. The number of hydrogen-bond donors (Lipinski definition) is 0. The summed E-state index contributed by atoms with van der Waals surface area (Å²) in [7, 11) is 3.17. The number of ether oxygens (including phenoxy) is 2. The van der Waals surface area contributed by atoms with Crippen LogP contribution in [0.15, 0.2) is 21.6 Å². The Hall–Kier alpha value is -0.640. The molecular weight excluding hydrogens is 666 g/mol. The molecule has 1 aromatic carbocycles. The first-order valence-corrected chi connectivity index (χ1v) is 14.2. The van der Waals surface area contributed by atoms with Gasteiger partial charge in [-0.15, -0.1) is 0 Å². The van der Waals surface area contributed by atoms with Gasteiger partial charge in [0.1, 0.15) is 21.8 Å². The summed E-state index contributed by atoms with van der Waals surface area (Å²) in [6, 6.07) is 3.73. The third kappa shape index (κ3) is 8.17. The summed E-state index contributed by atoms with van der Waals surface area (Å²) in [4.78, 5) is 8.20. The van der Waals surface area contributed by atoms with E-state index in [2.05, 4.69) is 55.7 Å². The maximum Gasteiger partial charge on any atom is 0.180 e. The van der Waals surface area contributed by atoms with E-state index >= 15 is 0 Å². The average molecular weight is 694 g/mol. The fourth-order valence-electron chi connectivity index (χ4n) is 3.32. The number of imidazole rings is 2. The van der Waals surface area contributed by atoms with Crippen LogP contribution in [0.2, 0.25) is 20.6 Å². The van der Waals surface area contributed by atoms with E-state index in [0.29, 0.717) is 44.4 Å². The number of benzene rings is 1. The molecule has 0 fully saturated rings. The minimum atomic E-state index is 0.215. The molecule has 0 amide bonds. The van der Waals surface area contributed by atoms with Crippen LogP contribution in [0.1, 0.15) is 57.1 Å². The van der Waals surface area contributed by atoms with Crippen molar-refractivity contribution in [1.29, 1.82) is 0 Å². The highest BCUT2D eigenvalue weighted by molar-refractivity contribution is 9.10. The second-order valence-electron chi connectivity index (χ2n) is 7.63. The topological polar surface area (TPSA) is 54.1 Å². The van der Waals surface area contributed by atoms with E-state index in [4.69, 9.17) is 55.9 Å². The van der Waals surface area contributed by atoms with Crippen LogP contribution in [-0.4, -0.2) is 33.3 Å². The number of aromatic nitrogens is 4. The number of unbranched alkanes of at least 4 members (excludes halogenated alkanes) is 4. The van der Waals surface area contributed by atoms with Gasteiger partial charge in [0, 0.05) is 11.1 Å². The van der Waals surface area contributed by atoms with E-state index in [-0.39, 0.29) is 10.3 Å². The zero-order chi connectivity index (χ0) is 26.1. The minimum Gasteiger partial charge on any atom is -0.496 e. The molecular formula is C23H28Br2Cl4N4O2. The van der Waals surface area contributed by atoms with Crippen molar-refractivity contribution in [3.05, 3.63) is 53.3 Å². The molecule has 0 aliphatic heterocycles. The van der Waals surface area contributed by atoms with Crippen LogP contribution < -0.4 is 9.47 Å². The Morgan fingerprint density at radius 2 is 1.09 bits per heavy atom. The fourth-order valence-corrected chi connectivity index (χ4v) is 5.41. The second-order valence-corrected chi connectivity index (χ2v) is 10.5. The standard InChI is InChI=1S/C16H12Br2Cl4N4O2.C7H16/c1-27-9-3-8(6-26-14(22)12(20)24-16(26)18)10(28-2)4-7(9)5-25-13(21)11(19)23-15(25)17;1-3-5-7-6-4-2/h3-4H,5-6H2,1-2H3;3-7H2,1-2H3. The van der Waals surface area contributed by atoms with E-state index in [1.54, 1.807) is 23.4 Å². The molecule has 3 aromatic rings. The average Bonchev–Trinajstić information content (AvgIpc) is 3.22. The molecule has 0 bridgehead atoms. The van der Waals surface area contributed by atoms with E-state index in [1.165, 1.54) is 32.1 Å². The van der Waals surface area contributed by atoms with Gasteiger partial charge in [-0.3, -0.25) is 0 Å². The summed E-state index contributed by atoms with van der Waals surface area (Å²) in [6.45, 7) is 5.24. The van der Waals surface area contributed by atoms with Gasteiger partial charge in [0.15, 0.2) is 19.8 Å². The van der Waals surface area contributed by atoms with Crippen LogP contribution in [-0.2, 0) is 13.1 Å². The molecule has 0 spiro atoms. The molecule has 6 nitrogen and oxygen atoms in total. The van der Waals surface area contributed by atoms with Crippen molar-refractivity contribution in [2.45, 2.75) is 59.0 Å². The van der Waals surface area contributed by atoms with Gasteiger partial charge in [-0.1, -0.05) is 92.4 Å². The Morgan fingerprint density at radius 3 is 1.34 bits per heavy atom. The monoisotopic (exact) mass is 690 g/mol. The van der Waals surface area contributed by atoms with Crippen molar-refractivity contribution in [2.75, 3.05) is 14.2 Å².